The van der Waals surface area contributed by atoms with Gasteiger partial charge < -0.3 is 0 Å². The van der Waals surface area contributed by atoms with Crippen molar-refractivity contribution in [3.8, 4) is 90.5 Å². The number of nitrogens with zero attached hydrogens (tertiary/aromatic N) is 15. The van der Waals surface area contributed by atoms with Crippen molar-refractivity contribution in [2.75, 3.05) is 0 Å². The van der Waals surface area contributed by atoms with E-state index >= 15 is 0 Å². The van der Waals surface area contributed by atoms with Crippen molar-refractivity contribution < 1.29 is 0 Å². The van der Waals surface area contributed by atoms with Crippen LogP contribution >= 0.6 is 0 Å². The first kappa shape index (κ1) is 68.6. The normalized spacial score (nSPS) is 10.0. The van der Waals surface area contributed by atoms with Gasteiger partial charge in [0.1, 0.15) is 36.0 Å². The van der Waals surface area contributed by atoms with Crippen LogP contribution in [0.3, 0.4) is 0 Å². The zero-order valence-corrected chi connectivity index (χ0v) is 55.2. The predicted octanol–water partition coefficient (Wildman–Crippen LogP) is 18.2. The van der Waals surface area contributed by atoms with Gasteiger partial charge in [-0.2, -0.15) is 0 Å². The Morgan fingerprint density at radius 3 is 0.845 bits per heavy atom. The molecule has 15 rings (SSSR count). The second-order valence-corrected chi connectivity index (χ2v) is 21.6. The number of rotatable bonds is 8. The van der Waals surface area contributed by atoms with E-state index in [2.05, 4.69) is 149 Å². The molecule has 15 heteroatoms. The fourth-order valence-corrected chi connectivity index (χ4v) is 9.26. The molecule has 15 nitrogen and oxygen atoms in total. The van der Waals surface area contributed by atoms with E-state index in [0.29, 0.717) is 11.6 Å². The first-order valence-corrected chi connectivity index (χ1v) is 31.4. The molecule has 0 atom stereocenters. The lowest BCUT2D eigenvalue weighted by Crippen LogP contribution is -1.99. The first-order chi connectivity index (χ1) is 47.5. The van der Waals surface area contributed by atoms with E-state index in [9.17, 15) is 0 Å². The van der Waals surface area contributed by atoms with Crippen LogP contribution in [0, 0.1) is 48.5 Å². The predicted molar refractivity (Wildman–Crippen MR) is 389 cm³/mol. The van der Waals surface area contributed by atoms with E-state index in [0.717, 1.165) is 113 Å². The summed E-state index contributed by atoms with van der Waals surface area (Å²) >= 11 is 0. The summed E-state index contributed by atoms with van der Waals surface area (Å²) in [7, 11) is 0. The molecule has 0 radical (unpaired) electrons. The average molecular weight is 1270 g/mol. The van der Waals surface area contributed by atoms with Gasteiger partial charge in [-0.25, -0.2) is 64.8 Å². The smallest absolute Gasteiger partial charge is 0.163 e. The van der Waals surface area contributed by atoms with Crippen LogP contribution in [0.5, 0.6) is 0 Å². The van der Waals surface area contributed by atoms with Crippen LogP contribution in [0.15, 0.2) is 317 Å². The summed E-state index contributed by atoms with van der Waals surface area (Å²) in [6, 6.07) is 91.2. The van der Waals surface area contributed by atoms with Crippen molar-refractivity contribution in [2.24, 2.45) is 0 Å². The SMILES string of the molecule is Cc1cc(-c2ccccc2)nc(-c2ccccc2)c1.Cc1cc(-c2ccccc2)nc(-c2ccccc2)n1.Cc1cnccn1.Cc1nc(-c2ccccc2)cc(-c2ccccc2)n1.Cc1nc(-c2ccccc2)nc(-c2ccccc2)n1.Cc1ncccn1.Cc1ncncn1. The Kier molecular flexibility index (Phi) is 26.2. The summed E-state index contributed by atoms with van der Waals surface area (Å²) in [5.74, 6) is 5.31. The quantitative estimate of drug-likeness (QED) is 0.139. The standard InChI is InChI=1S/C18H15N.2C17H14N2.C16H13N3.2C5H6N2.C4H5N3/c1-14-12-17(15-8-4-2-5-9-15)19-18(13-14)16-10-6-3-7-11-16;1-13-18-16(14-8-4-2-5-9-14)12-17(19-13)15-10-6-3-7-11-15;1-13-12-16(14-8-4-2-5-9-14)19-17(18-13)15-10-6-3-7-11-15;1-12-17-15(13-8-4-2-5-9-13)19-16(18-12)14-10-6-3-7-11-14;1-5-4-6-2-3-7-5;1-5-6-3-2-4-7-5;1-4-6-2-5-3-7-4/h2-13H,1H3;2*2-12H,1H3;2-11H,1H3;2*2-4H,1H3;2-3H,1H3. The third kappa shape index (κ3) is 22.8. The zero-order valence-electron chi connectivity index (χ0n) is 55.2. The number of aromatic nitrogens is 15. The molecule has 0 amide bonds. The number of hydrogen-bond donors (Lipinski definition) is 0. The van der Waals surface area contributed by atoms with Gasteiger partial charge in [0.15, 0.2) is 17.5 Å². The molecule has 0 saturated heterocycles. The van der Waals surface area contributed by atoms with Gasteiger partial charge in [0, 0.05) is 81.2 Å². The summed E-state index contributed by atoms with van der Waals surface area (Å²) < 4.78 is 0. The lowest BCUT2D eigenvalue weighted by atomic mass is 10.1. The minimum atomic E-state index is 0.715. The Labute approximate surface area is 567 Å². The van der Waals surface area contributed by atoms with Gasteiger partial charge in [-0.3, -0.25) is 9.97 Å². The van der Waals surface area contributed by atoms with Crippen LogP contribution < -0.4 is 0 Å². The van der Waals surface area contributed by atoms with Gasteiger partial charge >= 0.3 is 0 Å². The molecule has 0 aliphatic carbocycles. The summed E-state index contributed by atoms with van der Waals surface area (Å²) in [5, 5.41) is 0. The molecule has 0 unspecified atom stereocenters. The molecular formula is C82H73N15. The summed E-state index contributed by atoms with van der Waals surface area (Å²) in [4.78, 5) is 63.0. The molecule has 0 bridgehead atoms. The Morgan fingerprint density at radius 1 is 0.206 bits per heavy atom. The van der Waals surface area contributed by atoms with E-state index < -0.39 is 0 Å². The summed E-state index contributed by atoms with van der Waals surface area (Å²) in [6.07, 6.45) is 11.5. The van der Waals surface area contributed by atoms with Crippen molar-refractivity contribution >= 4 is 0 Å². The van der Waals surface area contributed by atoms with E-state index in [1.807, 2.05) is 236 Å². The Balaban J connectivity index is 0.000000138. The number of benzene rings is 8. The third-order valence-corrected chi connectivity index (χ3v) is 13.9. The molecule has 0 fully saturated rings. The highest BCUT2D eigenvalue weighted by molar-refractivity contribution is 5.70. The van der Waals surface area contributed by atoms with Crippen molar-refractivity contribution in [3.05, 3.63) is 357 Å². The Bertz CT molecular complexity index is 3890. The molecule has 0 aliphatic heterocycles. The number of hydrogen-bond acceptors (Lipinski definition) is 15. The van der Waals surface area contributed by atoms with Gasteiger partial charge in [-0.05, 0) is 84.4 Å². The monoisotopic (exact) mass is 1270 g/mol. The number of pyridine rings is 1. The van der Waals surface area contributed by atoms with Crippen LogP contribution in [-0.2, 0) is 0 Å². The molecule has 0 N–H and O–H groups in total. The first-order valence-electron chi connectivity index (χ1n) is 31.4. The van der Waals surface area contributed by atoms with Crippen LogP contribution in [0.2, 0.25) is 0 Å². The second kappa shape index (κ2) is 37.1. The van der Waals surface area contributed by atoms with E-state index in [1.54, 1.807) is 37.1 Å². The van der Waals surface area contributed by atoms with Crippen molar-refractivity contribution in [1.29, 1.82) is 0 Å². The van der Waals surface area contributed by atoms with E-state index in [1.165, 1.54) is 18.2 Å². The second-order valence-electron chi connectivity index (χ2n) is 21.6. The van der Waals surface area contributed by atoms with Gasteiger partial charge in [-0.15, -0.1) is 0 Å². The topological polar surface area (TPSA) is 193 Å². The van der Waals surface area contributed by atoms with Crippen LogP contribution in [0.25, 0.3) is 90.5 Å². The zero-order chi connectivity index (χ0) is 67.7. The minimum Gasteiger partial charge on any atom is -0.261 e. The van der Waals surface area contributed by atoms with E-state index in [-0.39, 0.29) is 0 Å². The molecule has 0 saturated carbocycles. The van der Waals surface area contributed by atoms with Gasteiger partial charge in [0.05, 0.1) is 34.2 Å². The maximum absolute atomic E-state index is 4.77. The van der Waals surface area contributed by atoms with Crippen molar-refractivity contribution in [3.63, 3.8) is 0 Å². The largest absolute Gasteiger partial charge is 0.261 e. The van der Waals surface area contributed by atoms with Gasteiger partial charge in [0.2, 0.25) is 0 Å². The van der Waals surface area contributed by atoms with Gasteiger partial charge in [-0.1, -0.05) is 243 Å². The lowest BCUT2D eigenvalue weighted by Gasteiger charge is -2.07. The van der Waals surface area contributed by atoms with Gasteiger partial charge in [0.25, 0.3) is 0 Å². The van der Waals surface area contributed by atoms with Crippen LogP contribution in [-0.4, -0.2) is 74.8 Å². The molecule has 476 valence electrons. The maximum atomic E-state index is 4.77. The molecule has 7 aromatic heterocycles. The highest BCUT2D eigenvalue weighted by atomic mass is 15.0. The summed E-state index contributed by atoms with van der Waals surface area (Å²) in [5.41, 5.74) is 16.8. The molecule has 15 aromatic rings. The molecule has 97 heavy (non-hydrogen) atoms. The third-order valence-electron chi connectivity index (χ3n) is 13.9. The molecule has 0 spiro atoms. The maximum Gasteiger partial charge on any atom is 0.163 e. The number of aryl methyl sites for hydroxylation is 7. The minimum absolute atomic E-state index is 0.715. The van der Waals surface area contributed by atoms with Crippen LogP contribution in [0.4, 0.5) is 0 Å². The summed E-state index contributed by atoms with van der Waals surface area (Å²) in [6.45, 7) is 13.5. The van der Waals surface area contributed by atoms with Crippen molar-refractivity contribution in [1.82, 2.24) is 74.8 Å². The molecule has 0 aliphatic rings. The Hall–Kier alpha value is -12.8. The van der Waals surface area contributed by atoms with Crippen molar-refractivity contribution in [2.45, 2.75) is 48.5 Å². The highest BCUT2D eigenvalue weighted by Crippen LogP contribution is 2.27. The lowest BCUT2D eigenvalue weighted by molar-refractivity contribution is 0.974. The highest BCUT2D eigenvalue weighted by Gasteiger charge is 2.10. The molecule has 7 heterocycles. The Morgan fingerprint density at radius 2 is 0.536 bits per heavy atom. The molecular weight excluding hydrogens is 1200 g/mol. The molecule has 8 aromatic carbocycles. The van der Waals surface area contributed by atoms with Crippen LogP contribution in [0.1, 0.15) is 40.2 Å². The fraction of sp³-hybridized carbons (Fsp3) is 0.0854. The van der Waals surface area contributed by atoms with E-state index in [4.69, 9.17) is 4.98 Å². The average Bonchev–Trinajstić information content (AvgIpc) is 1.36. The fourth-order valence-electron chi connectivity index (χ4n) is 9.26.